The first-order valence-electron chi connectivity index (χ1n) is 5.71. The number of aromatic hydroxyl groups is 1. The van der Waals surface area contributed by atoms with Crippen molar-refractivity contribution in [3.05, 3.63) is 52.5 Å². The number of methoxy groups -OCH3 is 1. The Hall–Kier alpha value is -2.00. The molecule has 0 fully saturated rings. The van der Waals surface area contributed by atoms with E-state index in [0.29, 0.717) is 5.02 Å². The maximum absolute atomic E-state index is 11.5. The molecule has 2 aromatic rings. The van der Waals surface area contributed by atoms with Crippen molar-refractivity contribution in [3.63, 3.8) is 0 Å². The number of halogens is 1. The highest BCUT2D eigenvalue weighted by Crippen LogP contribution is 2.31. The molecule has 0 aromatic heterocycles. The van der Waals surface area contributed by atoms with Crippen molar-refractivity contribution in [2.24, 2.45) is 0 Å². The summed E-state index contributed by atoms with van der Waals surface area (Å²) in [6, 6.07) is 10.4. The number of ether oxygens (including phenoxy) is 1. The molecule has 0 saturated heterocycles. The van der Waals surface area contributed by atoms with Gasteiger partial charge in [0.2, 0.25) is 0 Å². The molecule has 19 heavy (non-hydrogen) atoms. The van der Waals surface area contributed by atoms with Gasteiger partial charge in [-0.05, 0) is 36.2 Å². The van der Waals surface area contributed by atoms with E-state index >= 15 is 0 Å². The zero-order valence-electron chi connectivity index (χ0n) is 10.6. The second kappa shape index (κ2) is 5.33. The van der Waals surface area contributed by atoms with Crippen LogP contribution >= 0.6 is 11.6 Å². The van der Waals surface area contributed by atoms with Crippen LogP contribution in [0, 0.1) is 6.92 Å². The molecule has 0 aliphatic heterocycles. The molecule has 4 heteroatoms. The Bertz CT molecular complexity index is 635. The maximum Gasteiger partial charge on any atom is 0.341 e. The van der Waals surface area contributed by atoms with Crippen LogP contribution in [0.4, 0.5) is 0 Å². The van der Waals surface area contributed by atoms with Crippen LogP contribution < -0.4 is 0 Å². The van der Waals surface area contributed by atoms with E-state index in [1.54, 1.807) is 12.1 Å². The summed E-state index contributed by atoms with van der Waals surface area (Å²) in [6.07, 6.45) is 0. The quantitative estimate of drug-likeness (QED) is 0.849. The number of aryl methyl sites for hydroxylation is 1. The van der Waals surface area contributed by atoms with E-state index < -0.39 is 5.97 Å². The Kier molecular flexibility index (Phi) is 3.76. The first-order valence-corrected chi connectivity index (χ1v) is 6.08. The predicted molar refractivity (Wildman–Crippen MR) is 74.6 cm³/mol. The van der Waals surface area contributed by atoms with E-state index in [1.165, 1.54) is 13.2 Å². The summed E-state index contributed by atoms with van der Waals surface area (Å²) in [7, 11) is 1.27. The van der Waals surface area contributed by atoms with Crippen molar-refractivity contribution >= 4 is 17.6 Å². The molecule has 3 nitrogen and oxygen atoms in total. The van der Waals surface area contributed by atoms with Crippen molar-refractivity contribution in [1.82, 2.24) is 0 Å². The Balaban J connectivity index is 2.54. The SMILES string of the molecule is COC(=O)c1cc(-c2ccc(C)cc2Cl)ccc1O. The third-order valence-corrected chi connectivity index (χ3v) is 3.15. The number of benzene rings is 2. The first-order chi connectivity index (χ1) is 9.02. The molecular formula is C15H13ClO3. The molecule has 1 N–H and O–H groups in total. The van der Waals surface area contributed by atoms with Gasteiger partial charge in [-0.3, -0.25) is 0 Å². The van der Waals surface area contributed by atoms with E-state index in [1.807, 2.05) is 25.1 Å². The molecule has 0 amide bonds. The van der Waals surface area contributed by atoms with E-state index in [2.05, 4.69) is 4.74 Å². The molecule has 0 saturated carbocycles. The minimum atomic E-state index is -0.581. The molecule has 98 valence electrons. The van der Waals surface area contributed by atoms with Gasteiger partial charge < -0.3 is 9.84 Å². The molecule has 0 heterocycles. The molecule has 2 aromatic carbocycles. The highest BCUT2D eigenvalue weighted by Gasteiger charge is 2.13. The second-order valence-electron chi connectivity index (χ2n) is 4.21. The average Bonchev–Trinajstić information content (AvgIpc) is 2.39. The fourth-order valence-electron chi connectivity index (χ4n) is 1.83. The Morgan fingerprint density at radius 1 is 1.21 bits per heavy atom. The number of esters is 1. The van der Waals surface area contributed by atoms with Gasteiger partial charge in [-0.2, -0.15) is 0 Å². The van der Waals surface area contributed by atoms with Gasteiger partial charge in [0, 0.05) is 10.6 Å². The zero-order chi connectivity index (χ0) is 14.0. The third-order valence-electron chi connectivity index (χ3n) is 2.84. The lowest BCUT2D eigenvalue weighted by atomic mass is 10.0. The summed E-state index contributed by atoms with van der Waals surface area (Å²) >= 11 is 6.19. The lowest BCUT2D eigenvalue weighted by molar-refractivity contribution is 0.0597. The normalized spacial score (nSPS) is 10.3. The van der Waals surface area contributed by atoms with Crippen LogP contribution in [0.2, 0.25) is 5.02 Å². The molecule has 2 rings (SSSR count). The number of phenolic OH excluding ortho intramolecular Hbond substituents is 1. The molecule has 0 bridgehead atoms. The number of phenols is 1. The molecule has 0 aliphatic carbocycles. The van der Waals surface area contributed by atoms with E-state index in [0.717, 1.165) is 16.7 Å². The van der Waals surface area contributed by atoms with Crippen LogP contribution in [0.1, 0.15) is 15.9 Å². The summed E-state index contributed by atoms with van der Waals surface area (Å²) in [4.78, 5) is 11.5. The second-order valence-corrected chi connectivity index (χ2v) is 4.61. The van der Waals surface area contributed by atoms with Crippen molar-refractivity contribution in [3.8, 4) is 16.9 Å². The number of carbonyl (C=O) groups excluding carboxylic acids is 1. The van der Waals surface area contributed by atoms with Gasteiger partial charge in [-0.25, -0.2) is 4.79 Å². The monoisotopic (exact) mass is 276 g/mol. The Morgan fingerprint density at radius 3 is 2.58 bits per heavy atom. The van der Waals surface area contributed by atoms with Crippen molar-refractivity contribution in [1.29, 1.82) is 0 Å². The third kappa shape index (κ3) is 2.71. The molecule has 0 unspecified atom stereocenters. The van der Waals surface area contributed by atoms with Crippen molar-refractivity contribution in [2.45, 2.75) is 6.92 Å². The van der Waals surface area contributed by atoms with Crippen LogP contribution in [-0.4, -0.2) is 18.2 Å². The van der Waals surface area contributed by atoms with Crippen LogP contribution in [0.25, 0.3) is 11.1 Å². The molecule has 0 spiro atoms. The lowest BCUT2D eigenvalue weighted by Crippen LogP contribution is -2.01. The summed E-state index contributed by atoms with van der Waals surface area (Å²) < 4.78 is 4.63. The number of hydrogen-bond donors (Lipinski definition) is 1. The topological polar surface area (TPSA) is 46.5 Å². The van der Waals surface area contributed by atoms with Gasteiger partial charge in [0.25, 0.3) is 0 Å². The van der Waals surface area contributed by atoms with Gasteiger partial charge in [0.15, 0.2) is 0 Å². The predicted octanol–water partition coefficient (Wildman–Crippen LogP) is 3.81. The molecular weight excluding hydrogens is 264 g/mol. The van der Waals surface area contributed by atoms with Gasteiger partial charge in [-0.1, -0.05) is 29.8 Å². The molecule has 0 radical (unpaired) electrons. The van der Waals surface area contributed by atoms with E-state index in [9.17, 15) is 9.90 Å². The fraction of sp³-hybridized carbons (Fsp3) is 0.133. The summed E-state index contributed by atoms with van der Waals surface area (Å²) in [6.45, 7) is 1.95. The summed E-state index contributed by atoms with van der Waals surface area (Å²) in [5.74, 6) is -0.693. The fourth-order valence-corrected chi connectivity index (χ4v) is 2.18. The van der Waals surface area contributed by atoms with Crippen LogP contribution in [0.5, 0.6) is 5.75 Å². The number of hydrogen-bond acceptors (Lipinski definition) is 3. The summed E-state index contributed by atoms with van der Waals surface area (Å²) in [5, 5.41) is 10.3. The van der Waals surface area contributed by atoms with E-state index in [-0.39, 0.29) is 11.3 Å². The standard InChI is InChI=1S/C15H13ClO3/c1-9-3-5-11(13(16)7-9)10-4-6-14(17)12(8-10)15(18)19-2/h3-8,17H,1-2H3. The first kappa shape index (κ1) is 13.4. The van der Waals surface area contributed by atoms with Gasteiger partial charge in [-0.15, -0.1) is 0 Å². The zero-order valence-corrected chi connectivity index (χ0v) is 11.4. The van der Waals surface area contributed by atoms with Gasteiger partial charge >= 0.3 is 5.97 Å². The molecule has 0 atom stereocenters. The molecule has 0 aliphatic rings. The number of rotatable bonds is 2. The number of carbonyl (C=O) groups is 1. The minimum absolute atomic E-state index is 0.112. The van der Waals surface area contributed by atoms with Crippen LogP contribution in [-0.2, 0) is 4.74 Å². The van der Waals surface area contributed by atoms with Crippen LogP contribution in [0.3, 0.4) is 0 Å². The maximum atomic E-state index is 11.5. The largest absolute Gasteiger partial charge is 0.507 e. The van der Waals surface area contributed by atoms with Gasteiger partial charge in [0.1, 0.15) is 11.3 Å². The van der Waals surface area contributed by atoms with Crippen LogP contribution in [0.15, 0.2) is 36.4 Å². The average molecular weight is 277 g/mol. The lowest BCUT2D eigenvalue weighted by Gasteiger charge is -2.08. The Morgan fingerprint density at radius 2 is 1.95 bits per heavy atom. The minimum Gasteiger partial charge on any atom is -0.507 e. The van der Waals surface area contributed by atoms with Crippen molar-refractivity contribution in [2.75, 3.05) is 7.11 Å². The summed E-state index contributed by atoms with van der Waals surface area (Å²) in [5.41, 5.74) is 2.73. The van der Waals surface area contributed by atoms with E-state index in [4.69, 9.17) is 11.6 Å². The van der Waals surface area contributed by atoms with Crippen molar-refractivity contribution < 1.29 is 14.6 Å². The Labute approximate surface area is 116 Å². The van der Waals surface area contributed by atoms with Gasteiger partial charge in [0.05, 0.1) is 7.11 Å². The highest BCUT2D eigenvalue weighted by molar-refractivity contribution is 6.33. The smallest absolute Gasteiger partial charge is 0.341 e. The highest BCUT2D eigenvalue weighted by atomic mass is 35.5.